The lowest BCUT2D eigenvalue weighted by Gasteiger charge is -2.16. The molecule has 0 N–H and O–H groups in total. The molecule has 0 aliphatic carbocycles. The molecule has 0 saturated carbocycles. The maximum atomic E-state index is 6.44. The molecule has 2 heteroatoms. The second-order valence-electron chi connectivity index (χ2n) is 6.09. The summed E-state index contributed by atoms with van der Waals surface area (Å²) in [5.74, 6) is 0.529. The van der Waals surface area contributed by atoms with Crippen molar-refractivity contribution in [3.63, 3.8) is 0 Å². The van der Waals surface area contributed by atoms with Crippen LogP contribution in [0.5, 0.6) is 0 Å². The monoisotopic (exact) mass is 341 g/mol. The number of allylic oxidation sites excluding steroid dienone is 6. The minimum Gasteiger partial charge on any atom is -0.261 e. The van der Waals surface area contributed by atoms with Crippen molar-refractivity contribution < 1.29 is 0 Å². The van der Waals surface area contributed by atoms with Gasteiger partial charge in [-0.1, -0.05) is 69.8 Å². The van der Waals surface area contributed by atoms with Crippen LogP contribution in [0.15, 0.2) is 65.8 Å². The minimum absolute atomic E-state index is 0.529. The van der Waals surface area contributed by atoms with Crippen LogP contribution in [0.2, 0.25) is 5.02 Å². The van der Waals surface area contributed by atoms with Crippen LogP contribution in [0.1, 0.15) is 45.2 Å². The third-order valence-electron chi connectivity index (χ3n) is 3.76. The van der Waals surface area contributed by atoms with Gasteiger partial charge in [0, 0.05) is 16.9 Å². The Balaban J connectivity index is 3.20. The van der Waals surface area contributed by atoms with Crippen molar-refractivity contribution in [3.05, 3.63) is 77.0 Å². The molecule has 0 spiro atoms. The fourth-order valence-corrected chi connectivity index (χ4v) is 2.73. The largest absolute Gasteiger partial charge is 0.261 e. The Kier molecular flexibility index (Phi) is 8.49. The van der Waals surface area contributed by atoms with Crippen molar-refractivity contribution in [3.8, 4) is 0 Å². The molecule has 0 aliphatic rings. The molecule has 128 valence electrons. The highest BCUT2D eigenvalue weighted by Gasteiger charge is 2.13. The normalized spacial score (nSPS) is 12.9. The predicted molar refractivity (Wildman–Crippen MR) is 110 cm³/mol. The lowest BCUT2D eigenvalue weighted by atomic mass is 9.91. The topological polar surface area (TPSA) is 12.4 Å². The van der Waals surface area contributed by atoms with Crippen LogP contribution in [0.4, 0.5) is 0 Å². The number of benzene rings is 1. The fraction of sp³-hybridized carbons (Fsp3) is 0.318. The Hall–Kier alpha value is -1.86. The van der Waals surface area contributed by atoms with Gasteiger partial charge in [-0.15, -0.1) is 0 Å². The Morgan fingerprint density at radius 2 is 2.04 bits per heavy atom. The molecule has 0 saturated heterocycles. The second-order valence-corrected chi connectivity index (χ2v) is 6.50. The average molecular weight is 342 g/mol. The number of nitrogens with zero attached hydrogens (tertiary/aromatic N) is 1. The Morgan fingerprint density at radius 1 is 1.33 bits per heavy atom. The summed E-state index contributed by atoms with van der Waals surface area (Å²) in [5, 5.41) is 0.801. The second kappa shape index (κ2) is 10.1. The SMILES string of the molecule is C=C/C=C(CC)/N=C/C(=C\C)C(=C)c1cccc(Cl)c1CC(C)C. The van der Waals surface area contributed by atoms with Crippen LogP contribution < -0.4 is 0 Å². The highest BCUT2D eigenvalue weighted by Crippen LogP contribution is 2.30. The van der Waals surface area contributed by atoms with Crippen molar-refractivity contribution in [2.24, 2.45) is 10.9 Å². The summed E-state index contributed by atoms with van der Waals surface area (Å²) in [6.07, 6.45) is 9.39. The number of rotatable bonds is 8. The first kappa shape index (κ1) is 20.2. The Labute approximate surface area is 152 Å². The van der Waals surface area contributed by atoms with E-state index in [-0.39, 0.29) is 0 Å². The number of hydrogen-bond acceptors (Lipinski definition) is 1. The molecule has 0 unspecified atom stereocenters. The smallest absolute Gasteiger partial charge is 0.0444 e. The Morgan fingerprint density at radius 3 is 2.58 bits per heavy atom. The molecule has 0 bridgehead atoms. The molecule has 0 radical (unpaired) electrons. The van der Waals surface area contributed by atoms with Gasteiger partial charge in [-0.05, 0) is 60.1 Å². The maximum Gasteiger partial charge on any atom is 0.0444 e. The van der Waals surface area contributed by atoms with Gasteiger partial charge in [0.1, 0.15) is 0 Å². The van der Waals surface area contributed by atoms with Gasteiger partial charge >= 0.3 is 0 Å². The van der Waals surface area contributed by atoms with Gasteiger partial charge in [-0.25, -0.2) is 0 Å². The molecule has 0 aliphatic heterocycles. The van der Waals surface area contributed by atoms with Crippen molar-refractivity contribution in [2.75, 3.05) is 0 Å². The molecule has 0 atom stereocenters. The quantitative estimate of drug-likeness (QED) is 0.355. The van der Waals surface area contributed by atoms with Gasteiger partial charge in [0.25, 0.3) is 0 Å². The highest BCUT2D eigenvalue weighted by atomic mass is 35.5. The van der Waals surface area contributed by atoms with Gasteiger partial charge in [-0.3, -0.25) is 4.99 Å². The van der Waals surface area contributed by atoms with E-state index in [2.05, 4.69) is 45.0 Å². The van der Waals surface area contributed by atoms with E-state index in [4.69, 9.17) is 11.6 Å². The van der Waals surface area contributed by atoms with Gasteiger partial charge in [0.15, 0.2) is 0 Å². The van der Waals surface area contributed by atoms with E-state index in [0.717, 1.165) is 45.8 Å². The van der Waals surface area contributed by atoms with E-state index in [0.29, 0.717) is 5.92 Å². The molecule has 0 heterocycles. The standard InChI is InChI=1S/C22H28ClN/c1-7-11-19(9-3)24-15-18(8-2)17(6)20-12-10-13-22(23)21(20)14-16(4)5/h7-8,10-13,15-16H,1,6,9,14H2,2-5H3/b18-8+,19-11+,24-15+. The Bertz CT molecular complexity index is 675. The summed E-state index contributed by atoms with van der Waals surface area (Å²) >= 11 is 6.44. The van der Waals surface area contributed by atoms with Crippen LogP contribution >= 0.6 is 11.6 Å². The third kappa shape index (κ3) is 5.65. The van der Waals surface area contributed by atoms with E-state index in [1.165, 1.54) is 0 Å². The van der Waals surface area contributed by atoms with Crippen molar-refractivity contribution in [1.82, 2.24) is 0 Å². The zero-order valence-corrected chi connectivity index (χ0v) is 16.0. The third-order valence-corrected chi connectivity index (χ3v) is 4.11. The van der Waals surface area contributed by atoms with Crippen LogP contribution in [-0.4, -0.2) is 6.21 Å². The molecule has 1 rings (SSSR count). The van der Waals surface area contributed by atoms with E-state index in [1.807, 2.05) is 37.4 Å². The number of aliphatic imine (C=N–C) groups is 1. The minimum atomic E-state index is 0.529. The lowest BCUT2D eigenvalue weighted by molar-refractivity contribution is 0.646. The van der Waals surface area contributed by atoms with Crippen molar-refractivity contribution >= 4 is 23.4 Å². The number of hydrogen-bond donors (Lipinski definition) is 0. The van der Waals surface area contributed by atoms with Crippen LogP contribution in [0.3, 0.4) is 0 Å². The molecule has 0 amide bonds. The van der Waals surface area contributed by atoms with E-state index >= 15 is 0 Å². The highest BCUT2D eigenvalue weighted by molar-refractivity contribution is 6.31. The summed E-state index contributed by atoms with van der Waals surface area (Å²) in [4.78, 5) is 4.57. The first-order valence-electron chi connectivity index (χ1n) is 8.43. The molecule has 1 aromatic rings. The zero-order valence-electron chi connectivity index (χ0n) is 15.3. The van der Waals surface area contributed by atoms with E-state index < -0.39 is 0 Å². The predicted octanol–water partition coefficient (Wildman–Crippen LogP) is 7.05. The van der Waals surface area contributed by atoms with Crippen molar-refractivity contribution in [2.45, 2.75) is 40.5 Å². The first-order valence-corrected chi connectivity index (χ1v) is 8.81. The average Bonchev–Trinajstić information content (AvgIpc) is 2.55. The first-order chi connectivity index (χ1) is 11.4. The summed E-state index contributed by atoms with van der Waals surface area (Å²) in [5.41, 5.74) is 5.20. The van der Waals surface area contributed by atoms with Crippen LogP contribution in [0.25, 0.3) is 5.57 Å². The van der Waals surface area contributed by atoms with Gasteiger partial charge in [0.2, 0.25) is 0 Å². The molecule has 0 aromatic heterocycles. The van der Waals surface area contributed by atoms with Crippen molar-refractivity contribution in [1.29, 1.82) is 0 Å². The van der Waals surface area contributed by atoms with Gasteiger partial charge in [-0.2, -0.15) is 0 Å². The fourth-order valence-electron chi connectivity index (χ4n) is 2.48. The molecule has 1 aromatic carbocycles. The summed E-state index contributed by atoms with van der Waals surface area (Å²) in [6.45, 7) is 16.5. The molecule has 1 nitrogen and oxygen atoms in total. The van der Waals surface area contributed by atoms with E-state index in [9.17, 15) is 0 Å². The summed E-state index contributed by atoms with van der Waals surface area (Å²) in [7, 11) is 0. The molecular weight excluding hydrogens is 314 g/mol. The van der Waals surface area contributed by atoms with E-state index in [1.54, 1.807) is 6.08 Å². The van der Waals surface area contributed by atoms with Gasteiger partial charge < -0.3 is 0 Å². The molecule has 24 heavy (non-hydrogen) atoms. The lowest BCUT2D eigenvalue weighted by Crippen LogP contribution is -2.02. The zero-order chi connectivity index (χ0) is 18.1. The maximum absolute atomic E-state index is 6.44. The summed E-state index contributed by atoms with van der Waals surface area (Å²) in [6, 6.07) is 6.01. The van der Waals surface area contributed by atoms with Crippen LogP contribution in [0, 0.1) is 5.92 Å². The molecule has 0 fully saturated rings. The molecular formula is C22H28ClN. The summed E-state index contributed by atoms with van der Waals surface area (Å²) < 4.78 is 0. The van der Waals surface area contributed by atoms with Crippen LogP contribution in [-0.2, 0) is 6.42 Å². The van der Waals surface area contributed by atoms with Gasteiger partial charge in [0.05, 0.1) is 0 Å². The number of halogens is 1.